The van der Waals surface area contributed by atoms with E-state index in [1.807, 2.05) is 6.07 Å². The minimum Gasteiger partial charge on any atom is -0.480 e. The van der Waals surface area contributed by atoms with Crippen LogP contribution in [0, 0.1) is 0 Å². The van der Waals surface area contributed by atoms with E-state index in [1.165, 1.54) is 16.7 Å². The number of thioether (sulfide) groups is 1. The van der Waals surface area contributed by atoms with E-state index in [0.29, 0.717) is 5.75 Å². The van der Waals surface area contributed by atoms with Crippen LogP contribution >= 0.6 is 11.8 Å². The predicted molar refractivity (Wildman–Crippen MR) is 96.8 cm³/mol. The molecule has 2 fully saturated rings. The Morgan fingerprint density at radius 2 is 1.88 bits per heavy atom. The molecule has 0 bridgehead atoms. The SMILES string of the molecule is CC(C)(Oc1ccccc1)C(=O)NC1C(=O)N2C(C(=O)O)C(C)(C)S[C@@H]12. The molecular formula is C18H22N2O5S. The van der Waals surface area contributed by atoms with Gasteiger partial charge in [0.2, 0.25) is 5.91 Å². The van der Waals surface area contributed by atoms with Gasteiger partial charge in [-0.05, 0) is 39.8 Å². The number of rotatable bonds is 5. The number of β-lactam (4-membered cyclic amide) rings is 1. The van der Waals surface area contributed by atoms with Gasteiger partial charge < -0.3 is 20.1 Å². The van der Waals surface area contributed by atoms with Crippen LogP contribution in [0.1, 0.15) is 27.7 Å². The van der Waals surface area contributed by atoms with Gasteiger partial charge in [0, 0.05) is 4.75 Å². The van der Waals surface area contributed by atoms with Crippen LogP contribution in [0.5, 0.6) is 5.75 Å². The second-order valence-corrected chi connectivity index (χ2v) is 9.25. The molecule has 2 saturated heterocycles. The van der Waals surface area contributed by atoms with Gasteiger partial charge in [0.25, 0.3) is 5.91 Å². The van der Waals surface area contributed by atoms with Crippen molar-refractivity contribution in [2.24, 2.45) is 0 Å². The number of amides is 2. The fourth-order valence-electron chi connectivity index (χ4n) is 3.29. The van der Waals surface area contributed by atoms with Crippen molar-refractivity contribution in [1.29, 1.82) is 0 Å². The second-order valence-electron chi connectivity index (χ2n) is 7.47. The lowest BCUT2D eigenvalue weighted by molar-refractivity contribution is -0.162. The summed E-state index contributed by atoms with van der Waals surface area (Å²) < 4.78 is 5.12. The van der Waals surface area contributed by atoms with Gasteiger partial charge in [0.1, 0.15) is 23.2 Å². The topological polar surface area (TPSA) is 95.9 Å². The second kappa shape index (κ2) is 6.19. The molecule has 2 heterocycles. The minimum atomic E-state index is -1.17. The normalized spacial score (nSPS) is 26.7. The number of hydrogen-bond acceptors (Lipinski definition) is 5. The number of nitrogens with zero attached hydrogens (tertiary/aromatic N) is 1. The molecule has 0 radical (unpaired) electrons. The summed E-state index contributed by atoms with van der Waals surface area (Å²) in [5.41, 5.74) is -1.17. The third kappa shape index (κ3) is 3.02. The first-order chi connectivity index (χ1) is 12.0. The van der Waals surface area contributed by atoms with Gasteiger partial charge in [0.15, 0.2) is 5.60 Å². The minimum absolute atomic E-state index is 0.371. The van der Waals surface area contributed by atoms with Gasteiger partial charge >= 0.3 is 5.97 Å². The first kappa shape index (κ1) is 18.6. The van der Waals surface area contributed by atoms with Crippen molar-refractivity contribution in [2.75, 3.05) is 0 Å². The van der Waals surface area contributed by atoms with Crippen LogP contribution in [0.2, 0.25) is 0 Å². The maximum atomic E-state index is 12.7. The lowest BCUT2D eigenvalue weighted by Crippen LogP contribution is -2.72. The van der Waals surface area contributed by atoms with Gasteiger partial charge in [-0.25, -0.2) is 4.79 Å². The third-order valence-corrected chi connectivity index (χ3v) is 6.20. The molecule has 0 spiro atoms. The summed E-state index contributed by atoms with van der Waals surface area (Å²) in [6.45, 7) is 6.84. The molecule has 1 aromatic carbocycles. The number of hydrogen-bond donors (Lipinski definition) is 2. The monoisotopic (exact) mass is 378 g/mol. The maximum Gasteiger partial charge on any atom is 0.327 e. The van der Waals surface area contributed by atoms with Gasteiger partial charge in [0.05, 0.1) is 0 Å². The lowest BCUT2D eigenvalue weighted by atomic mass is 9.95. The van der Waals surface area contributed by atoms with Crippen molar-refractivity contribution in [3.63, 3.8) is 0 Å². The number of fused-ring (bicyclic) bond motifs is 1. The Bertz CT molecular complexity index is 749. The number of nitrogens with one attached hydrogen (secondary N) is 1. The summed E-state index contributed by atoms with van der Waals surface area (Å²) in [5.74, 6) is -1.27. The van der Waals surface area contributed by atoms with Crippen LogP contribution in [-0.4, -0.2) is 55.6 Å². The number of benzene rings is 1. The number of carboxylic acid groups (broad SMARTS) is 1. The average molecular weight is 378 g/mol. The zero-order valence-electron chi connectivity index (χ0n) is 15.1. The summed E-state index contributed by atoms with van der Waals surface area (Å²) in [7, 11) is 0. The van der Waals surface area contributed by atoms with Crippen LogP contribution in [0.15, 0.2) is 30.3 Å². The number of carboxylic acids is 1. The molecule has 0 aliphatic carbocycles. The highest BCUT2D eigenvalue weighted by atomic mass is 32.2. The average Bonchev–Trinajstić information content (AvgIpc) is 2.81. The zero-order chi connectivity index (χ0) is 19.3. The summed E-state index contributed by atoms with van der Waals surface area (Å²) in [6.07, 6.45) is 0. The fraction of sp³-hybridized carbons (Fsp3) is 0.500. The Morgan fingerprint density at radius 3 is 2.46 bits per heavy atom. The van der Waals surface area contributed by atoms with Gasteiger partial charge in [-0.15, -0.1) is 11.8 Å². The van der Waals surface area contributed by atoms with Crippen LogP contribution in [0.4, 0.5) is 0 Å². The molecular weight excluding hydrogens is 356 g/mol. The van der Waals surface area contributed by atoms with E-state index < -0.39 is 34.3 Å². The summed E-state index contributed by atoms with van der Waals surface area (Å²) in [4.78, 5) is 38.0. The highest BCUT2D eigenvalue weighted by molar-refractivity contribution is 8.01. The number of carbonyl (C=O) groups is 3. The summed E-state index contributed by atoms with van der Waals surface area (Å²) in [6, 6.07) is 7.32. The molecule has 3 atom stereocenters. The largest absolute Gasteiger partial charge is 0.480 e. The third-order valence-electron chi connectivity index (χ3n) is 4.62. The Kier molecular flexibility index (Phi) is 4.42. The van der Waals surface area contributed by atoms with E-state index in [2.05, 4.69) is 5.32 Å². The molecule has 2 aliphatic rings. The van der Waals surface area contributed by atoms with E-state index in [1.54, 1.807) is 52.0 Å². The lowest BCUT2D eigenvalue weighted by Gasteiger charge is -2.44. The number of aliphatic carboxylic acids is 1. The first-order valence-electron chi connectivity index (χ1n) is 8.32. The van der Waals surface area contributed by atoms with E-state index >= 15 is 0 Å². The number of carbonyl (C=O) groups excluding carboxylic acids is 2. The summed E-state index contributed by atoms with van der Waals surface area (Å²) >= 11 is 1.39. The van der Waals surface area contributed by atoms with Gasteiger partial charge in [-0.1, -0.05) is 18.2 Å². The first-order valence-corrected chi connectivity index (χ1v) is 9.20. The molecule has 0 aromatic heterocycles. The smallest absolute Gasteiger partial charge is 0.327 e. The quantitative estimate of drug-likeness (QED) is 0.754. The molecule has 2 amide bonds. The molecule has 140 valence electrons. The molecule has 7 nitrogen and oxygen atoms in total. The van der Waals surface area contributed by atoms with Crippen LogP contribution < -0.4 is 10.1 Å². The molecule has 2 unspecified atom stereocenters. The highest BCUT2D eigenvalue weighted by Gasteiger charge is 2.64. The Labute approximate surface area is 156 Å². The zero-order valence-corrected chi connectivity index (χ0v) is 15.9. The van der Waals surface area contributed by atoms with Gasteiger partial charge in [-0.2, -0.15) is 0 Å². The van der Waals surface area contributed by atoms with Crippen LogP contribution in [0.25, 0.3) is 0 Å². The molecule has 3 rings (SSSR count). The van der Waals surface area contributed by atoms with E-state index in [4.69, 9.17) is 4.74 Å². The van der Waals surface area contributed by atoms with Crippen molar-refractivity contribution in [3.05, 3.63) is 30.3 Å². The van der Waals surface area contributed by atoms with E-state index in [-0.39, 0.29) is 11.3 Å². The van der Waals surface area contributed by atoms with Crippen molar-refractivity contribution < 1.29 is 24.2 Å². The van der Waals surface area contributed by atoms with Gasteiger partial charge in [-0.3, -0.25) is 9.59 Å². The van der Waals surface area contributed by atoms with Crippen molar-refractivity contribution in [2.45, 2.75) is 55.5 Å². The number of para-hydroxylation sites is 1. The molecule has 1 aromatic rings. The van der Waals surface area contributed by atoms with Crippen molar-refractivity contribution >= 4 is 29.5 Å². The molecule has 2 aliphatic heterocycles. The number of ether oxygens (including phenoxy) is 1. The van der Waals surface area contributed by atoms with Crippen molar-refractivity contribution in [1.82, 2.24) is 10.2 Å². The predicted octanol–water partition coefficient (Wildman–Crippen LogP) is 1.48. The maximum absolute atomic E-state index is 12.7. The van der Waals surface area contributed by atoms with Crippen molar-refractivity contribution in [3.8, 4) is 5.75 Å². The summed E-state index contributed by atoms with van der Waals surface area (Å²) in [5, 5.41) is 11.8. The Morgan fingerprint density at radius 1 is 1.27 bits per heavy atom. The Balaban J connectivity index is 1.69. The Hall–Kier alpha value is -2.22. The van der Waals surface area contributed by atoms with E-state index in [9.17, 15) is 19.5 Å². The fourth-order valence-corrected chi connectivity index (χ4v) is 4.92. The van der Waals surface area contributed by atoms with E-state index in [0.717, 1.165) is 0 Å². The standard InChI is InChI=1S/C18H22N2O5S/c1-17(2,25-10-8-6-5-7-9-10)16(24)19-11-13(21)20-12(15(22)23)18(3,4)26-14(11)20/h5-9,11-12,14H,1-4H3,(H,19,24)(H,22,23)/t11?,12?,14-/m0/s1. The molecule has 0 saturated carbocycles. The molecule has 26 heavy (non-hydrogen) atoms. The van der Waals surface area contributed by atoms with Crippen LogP contribution in [-0.2, 0) is 14.4 Å². The van der Waals surface area contributed by atoms with Crippen LogP contribution in [0.3, 0.4) is 0 Å². The molecule has 2 N–H and O–H groups in total. The highest BCUT2D eigenvalue weighted by Crippen LogP contribution is 2.50. The molecule has 8 heteroatoms.